The van der Waals surface area contributed by atoms with Gasteiger partial charge in [0.1, 0.15) is 0 Å². The molecule has 0 bridgehead atoms. The number of hydrogen-bond donors (Lipinski definition) is 3. The van der Waals surface area contributed by atoms with E-state index < -0.39 is 0 Å². The zero-order valence-electron chi connectivity index (χ0n) is 12.9. The molecule has 2 amide bonds. The molecule has 0 aliphatic carbocycles. The quantitative estimate of drug-likeness (QED) is 0.562. The molecule has 0 radical (unpaired) electrons. The molecule has 1 rings (SSSR count). The number of carbonyl (C=O) groups excluding carboxylic acids is 2. The van der Waals surface area contributed by atoms with Crippen LogP contribution in [-0.2, 0) is 14.3 Å². The number of halogens is 1. The first-order valence-corrected chi connectivity index (χ1v) is 7.36. The normalized spacial score (nSPS) is 19.2. The minimum atomic E-state index is -0.178. The zero-order valence-corrected chi connectivity index (χ0v) is 13.8. The van der Waals surface area contributed by atoms with Crippen molar-refractivity contribution < 1.29 is 14.3 Å². The lowest BCUT2D eigenvalue weighted by Gasteiger charge is -2.27. The molecule has 2 atom stereocenters. The highest BCUT2D eigenvalue weighted by molar-refractivity contribution is 5.85. The van der Waals surface area contributed by atoms with E-state index in [1.807, 2.05) is 0 Å². The highest BCUT2D eigenvalue weighted by Gasteiger charge is 2.22. The third-order valence-corrected chi connectivity index (χ3v) is 3.72. The van der Waals surface area contributed by atoms with E-state index in [9.17, 15) is 9.59 Å². The van der Waals surface area contributed by atoms with Crippen LogP contribution in [0.1, 0.15) is 26.2 Å². The highest BCUT2D eigenvalue weighted by atomic mass is 35.5. The van der Waals surface area contributed by atoms with Crippen LogP contribution < -0.4 is 16.0 Å². The molecule has 21 heavy (non-hydrogen) atoms. The van der Waals surface area contributed by atoms with Gasteiger partial charge in [-0.15, -0.1) is 12.4 Å². The molecule has 1 aliphatic rings. The van der Waals surface area contributed by atoms with Crippen LogP contribution in [0, 0.1) is 11.8 Å². The summed E-state index contributed by atoms with van der Waals surface area (Å²) in [7, 11) is 1.58. The molecule has 1 aliphatic heterocycles. The molecule has 0 spiro atoms. The van der Waals surface area contributed by atoms with Crippen molar-refractivity contribution in [1.82, 2.24) is 16.0 Å². The molecule has 1 fully saturated rings. The Morgan fingerprint density at radius 2 is 2.10 bits per heavy atom. The van der Waals surface area contributed by atoms with Crippen molar-refractivity contribution >= 4 is 24.2 Å². The number of piperidine rings is 1. The van der Waals surface area contributed by atoms with Crippen molar-refractivity contribution in [3.63, 3.8) is 0 Å². The Kier molecular flexibility index (Phi) is 11.3. The maximum atomic E-state index is 11.8. The number of nitrogens with one attached hydrogen (secondary N) is 3. The number of carbonyl (C=O) groups is 2. The minimum Gasteiger partial charge on any atom is -0.383 e. The van der Waals surface area contributed by atoms with Crippen molar-refractivity contribution in [1.29, 1.82) is 0 Å². The molecule has 0 aromatic heterocycles. The first kappa shape index (κ1) is 20.1. The number of amides is 2. The van der Waals surface area contributed by atoms with Gasteiger partial charge in [0, 0.05) is 20.1 Å². The molecule has 0 saturated carbocycles. The summed E-state index contributed by atoms with van der Waals surface area (Å²) in [6.45, 7) is 5.16. The number of hydrogen-bond acceptors (Lipinski definition) is 4. The Morgan fingerprint density at radius 3 is 2.71 bits per heavy atom. The lowest BCUT2D eigenvalue weighted by atomic mass is 9.85. The lowest BCUT2D eigenvalue weighted by molar-refractivity contribution is -0.126. The van der Waals surface area contributed by atoms with Crippen LogP contribution in [0.3, 0.4) is 0 Å². The fourth-order valence-electron chi connectivity index (χ4n) is 2.43. The first-order chi connectivity index (χ1) is 9.63. The molecule has 0 aromatic rings. The van der Waals surface area contributed by atoms with Gasteiger partial charge in [-0.05, 0) is 37.8 Å². The summed E-state index contributed by atoms with van der Waals surface area (Å²) >= 11 is 0. The Balaban J connectivity index is 0.00000400. The van der Waals surface area contributed by atoms with Crippen LogP contribution in [0.5, 0.6) is 0 Å². The second-order valence-corrected chi connectivity index (χ2v) is 5.41. The van der Waals surface area contributed by atoms with E-state index in [1.165, 1.54) is 12.8 Å². The summed E-state index contributed by atoms with van der Waals surface area (Å²) in [5.41, 5.74) is 0. The number of methoxy groups -OCH3 is 1. The smallest absolute Gasteiger partial charge is 0.239 e. The van der Waals surface area contributed by atoms with Crippen LogP contribution in [0.15, 0.2) is 0 Å². The molecule has 6 nitrogen and oxygen atoms in total. The van der Waals surface area contributed by atoms with Crippen LogP contribution >= 0.6 is 12.4 Å². The molecule has 1 heterocycles. The van der Waals surface area contributed by atoms with Gasteiger partial charge < -0.3 is 20.7 Å². The van der Waals surface area contributed by atoms with Crippen molar-refractivity contribution in [3.05, 3.63) is 0 Å². The van der Waals surface area contributed by atoms with Crippen molar-refractivity contribution in [2.24, 2.45) is 11.8 Å². The predicted molar refractivity (Wildman–Crippen MR) is 84.5 cm³/mol. The van der Waals surface area contributed by atoms with E-state index >= 15 is 0 Å². The van der Waals surface area contributed by atoms with Crippen LogP contribution in [0.4, 0.5) is 0 Å². The van der Waals surface area contributed by atoms with Gasteiger partial charge in [-0.1, -0.05) is 6.92 Å². The molecular weight excluding hydrogens is 294 g/mol. The summed E-state index contributed by atoms with van der Waals surface area (Å²) in [5, 5.41) is 8.69. The first-order valence-electron chi connectivity index (χ1n) is 7.36. The van der Waals surface area contributed by atoms with Crippen LogP contribution in [0.25, 0.3) is 0 Å². The SMILES string of the molecule is COCCNC(=O)CNC(=O)CC(C)C1CCCNC1.Cl. The second-order valence-electron chi connectivity index (χ2n) is 5.41. The molecule has 2 unspecified atom stereocenters. The average molecular weight is 322 g/mol. The summed E-state index contributed by atoms with van der Waals surface area (Å²) in [6.07, 6.45) is 2.84. The molecule has 1 saturated heterocycles. The van der Waals surface area contributed by atoms with Gasteiger partial charge in [-0.3, -0.25) is 9.59 Å². The Morgan fingerprint density at radius 1 is 1.33 bits per heavy atom. The van der Waals surface area contributed by atoms with Gasteiger partial charge >= 0.3 is 0 Å². The van der Waals surface area contributed by atoms with Crippen LogP contribution in [0.2, 0.25) is 0 Å². The maximum Gasteiger partial charge on any atom is 0.239 e. The van der Waals surface area contributed by atoms with Crippen molar-refractivity contribution in [2.75, 3.05) is 39.9 Å². The van der Waals surface area contributed by atoms with Gasteiger partial charge in [0.15, 0.2) is 0 Å². The summed E-state index contributed by atoms with van der Waals surface area (Å²) < 4.78 is 4.83. The highest BCUT2D eigenvalue weighted by Crippen LogP contribution is 2.22. The Hall–Kier alpha value is -0.850. The summed E-state index contributed by atoms with van der Waals surface area (Å²) in [6, 6.07) is 0. The topological polar surface area (TPSA) is 79.5 Å². The maximum absolute atomic E-state index is 11.8. The van der Waals surface area contributed by atoms with E-state index in [0.29, 0.717) is 31.4 Å². The average Bonchev–Trinajstić information content (AvgIpc) is 2.46. The van der Waals surface area contributed by atoms with Crippen LogP contribution in [-0.4, -0.2) is 51.7 Å². The fraction of sp³-hybridized carbons (Fsp3) is 0.857. The van der Waals surface area contributed by atoms with Gasteiger partial charge in [-0.2, -0.15) is 0 Å². The van der Waals surface area contributed by atoms with E-state index in [-0.39, 0.29) is 30.8 Å². The van der Waals surface area contributed by atoms with Gasteiger partial charge in [-0.25, -0.2) is 0 Å². The van der Waals surface area contributed by atoms with Gasteiger partial charge in [0.05, 0.1) is 13.2 Å². The Labute approximate surface area is 133 Å². The van der Waals surface area contributed by atoms with Gasteiger partial charge in [0.2, 0.25) is 11.8 Å². The number of rotatable bonds is 8. The standard InChI is InChI=1S/C14H27N3O3.ClH/c1-11(12-4-3-5-15-9-12)8-13(18)17-10-14(19)16-6-7-20-2;/h11-12,15H,3-10H2,1-2H3,(H,16,19)(H,17,18);1H. The summed E-state index contributed by atoms with van der Waals surface area (Å²) in [5.74, 6) is 0.678. The van der Waals surface area contributed by atoms with E-state index in [4.69, 9.17) is 4.74 Å². The van der Waals surface area contributed by atoms with E-state index in [2.05, 4.69) is 22.9 Å². The zero-order chi connectivity index (χ0) is 14.8. The Bertz CT molecular complexity index is 310. The summed E-state index contributed by atoms with van der Waals surface area (Å²) in [4.78, 5) is 23.2. The molecule has 0 aromatic carbocycles. The minimum absolute atomic E-state index is 0. The van der Waals surface area contributed by atoms with Crippen molar-refractivity contribution in [2.45, 2.75) is 26.2 Å². The fourth-order valence-corrected chi connectivity index (χ4v) is 2.43. The van der Waals surface area contributed by atoms with E-state index in [0.717, 1.165) is 13.1 Å². The van der Waals surface area contributed by atoms with Gasteiger partial charge in [0.25, 0.3) is 0 Å². The third-order valence-electron chi connectivity index (χ3n) is 3.72. The molecular formula is C14H28ClN3O3. The number of ether oxygens (including phenoxy) is 1. The lowest BCUT2D eigenvalue weighted by Crippen LogP contribution is -2.40. The van der Waals surface area contributed by atoms with Crippen molar-refractivity contribution in [3.8, 4) is 0 Å². The second kappa shape index (κ2) is 11.8. The molecule has 7 heteroatoms. The molecule has 124 valence electrons. The largest absolute Gasteiger partial charge is 0.383 e. The predicted octanol–water partition coefficient (Wildman–Crippen LogP) is 0.313. The monoisotopic (exact) mass is 321 g/mol. The molecule has 3 N–H and O–H groups in total. The third kappa shape index (κ3) is 8.90. The van der Waals surface area contributed by atoms with E-state index in [1.54, 1.807) is 7.11 Å².